The third kappa shape index (κ3) is 5.81. The van der Waals surface area contributed by atoms with Crippen LogP contribution in [0.2, 0.25) is 0 Å². The molecule has 1 atom stereocenters. The van der Waals surface area contributed by atoms with Gasteiger partial charge in [0.2, 0.25) is 0 Å². The second-order valence-corrected chi connectivity index (χ2v) is 7.62. The highest BCUT2D eigenvalue weighted by Gasteiger charge is 2.25. The van der Waals surface area contributed by atoms with Gasteiger partial charge in [0, 0.05) is 32.9 Å². The zero-order valence-electron chi connectivity index (χ0n) is 17.2. The lowest BCUT2D eigenvalue weighted by molar-refractivity contribution is -0.139. The van der Waals surface area contributed by atoms with Crippen LogP contribution in [0.15, 0.2) is 54.6 Å². The Hall–Kier alpha value is -2.86. The molecule has 0 bridgehead atoms. The van der Waals surface area contributed by atoms with Gasteiger partial charge in [-0.25, -0.2) is 0 Å². The predicted molar refractivity (Wildman–Crippen MR) is 116 cm³/mol. The van der Waals surface area contributed by atoms with Crippen molar-refractivity contribution in [3.63, 3.8) is 0 Å². The second-order valence-electron chi connectivity index (χ2n) is 7.62. The van der Waals surface area contributed by atoms with E-state index in [9.17, 15) is 9.59 Å². The standard InChI is InChI=1S/C23H30N4O2/c1-26(2)20-12-10-19(11-13-20)21(27-14-6-7-15-27)17-25-23(29)22(28)24-16-18-8-4-3-5-9-18/h3-5,8-13,21H,6-7,14-17H2,1-2H3,(H,24,28)(H,25,29)/t21-/m1/s1. The van der Waals surface area contributed by atoms with Crippen LogP contribution in [0.4, 0.5) is 5.69 Å². The fourth-order valence-corrected chi connectivity index (χ4v) is 3.63. The molecule has 1 fully saturated rings. The van der Waals surface area contributed by atoms with E-state index in [1.807, 2.05) is 44.4 Å². The molecule has 0 spiro atoms. The Labute approximate surface area is 172 Å². The van der Waals surface area contributed by atoms with Crippen LogP contribution in [0.5, 0.6) is 0 Å². The Balaban J connectivity index is 1.59. The van der Waals surface area contributed by atoms with Gasteiger partial charge in [0.1, 0.15) is 0 Å². The highest BCUT2D eigenvalue weighted by atomic mass is 16.2. The largest absolute Gasteiger partial charge is 0.378 e. The van der Waals surface area contributed by atoms with Gasteiger partial charge in [-0.3, -0.25) is 14.5 Å². The number of carbonyl (C=O) groups is 2. The molecule has 6 nitrogen and oxygen atoms in total. The minimum atomic E-state index is -0.600. The molecule has 2 aromatic carbocycles. The van der Waals surface area contributed by atoms with Gasteiger partial charge < -0.3 is 15.5 Å². The van der Waals surface area contributed by atoms with E-state index in [0.717, 1.165) is 42.7 Å². The quantitative estimate of drug-likeness (QED) is 0.708. The summed E-state index contributed by atoms with van der Waals surface area (Å²) in [4.78, 5) is 28.9. The highest BCUT2D eigenvalue weighted by molar-refractivity contribution is 6.35. The number of hydrogen-bond donors (Lipinski definition) is 2. The van der Waals surface area contributed by atoms with Gasteiger partial charge in [0.15, 0.2) is 0 Å². The maximum atomic E-state index is 12.3. The van der Waals surface area contributed by atoms with Gasteiger partial charge >= 0.3 is 11.8 Å². The lowest BCUT2D eigenvalue weighted by Gasteiger charge is -2.28. The number of rotatable bonds is 7. The third-order valence-corrected chi connectivity index (χ3v) is 5.33. The molecule has 6 heteroatoms. The maximum Gasteiger partial charge on any atom is 0.309 e. The molecule has 2 aromatic rings. The van der Waals surface area contributed by atoms with Crippen LogP contribution in [0, 0.1) is 0 Å². The summed E-state index contributed by atoms with van der Waals surface area (Å²) in [7, 11) is 4.03. The van der Waals surface area contributed by atoms with Gasteiger partial charge in [-0.2, -0.15) is 0 Å². The maximum absolute atomic E-state index is 12.3. The predicted octanol–water partition coefficient (Wildman–Crippen LogP) is 2.32. The third-order valence-electron chi connectivity index (χ3n) is 5.33. The van der Waals surface area contributed by atoms with E-state index < -0.39 is 11.8 Å². The Morgan fingerprint density at radius 1 is 0.931 bits per heavy atom. The second kappa shape index (κ2) is 10.1. The molecule has 2 amide bonds. The van der Waals surface area contributed by atoms with E-state index in [0.29, 0.717) is 13.1 Å². The molecular weight excluding hydrogens is 364 g/mol. The summed E-state index contributed by atoms with van der Waals surface area (Å²) < 4.78 is 0. The summed E-state index contributed by atoms with van der Waals surface area (Å²) in [6.45, 7) is 2.78. The van der Waals surface area contributed by atoms with Gasteiger partial charge in [-0.1, -0.05) is 42.5 Å². The molecule has 0 aliphatic carbocycles. The van der Waals surface area contributed by atoms with E-state index in [4.69, 9.17) is 0 Å². The van der Waals surface area contributed by atoms with Crippen LogP contribution >= 0.6 is 0 Å². The van der Waals surface area contributed by atoms with E-state index >= 15 is 0 Å². The topological polar surface area (TPSA) is 64.7 Å². The number of nitrogens with zero attached hydrogens (tertiary/aromatic N) is 2. The van der Waals surface area contributed by atoms with E-state index in [2.05, 4.69) is 44.7 Å². The molecule has 3 rings (SSSR count). The molecule has 1 aliphatic heterocycles. The molecule has 1 aliphatic rings. The summed E-state index contributed by atoms with van der Waals surface area (Å²) >= 11 is 0. The van der Waals surface area contributed by atoms with Crippen molar-refractivity contribution in [2.75, 3.05) is 38.6 Å². The zero-order valence-corrected chi connectivity index (χ0v) is 17.2. The summed E-state index contributed by atoms with van der Waals surface area (Å²) in [5.74, 6) is -1.19. The molecule has 0 radical (unpaired) electrons. The first-order valence-electron chi connectivity index (χ1n) is 10.2. The van der Waals surface area contributed by atoms with Crippen molar-refractivity contribution in [1.82, 2.24) is 15.5 Å². The van der Waals surface area contributed by atoms with E-state index in [-0.39, 0.29) is 6.04 Å². The molecule has 0 unspecified atom stereocenters. The molecule has 2 N–H and O–H groups in total. The normalized spacial score (nSPS) is 15.0. The smallest absolute Gasteiger partial charge is 0.309 e. The first-order chi connectivity index (χ1) is 14.0. The van der Waals surface area contributed by atoms with Crippen molar-refractivity contribution in [2.24, 2.45) is 0 Å². The average Bonchev–Trinajstić information content (AvgIpc) is 3.27. The van der Waals surface area contributed by atoms with Gasteiger partial charge in [0.05, 0.1) is 6.04 Å². The fourth-order valence-electron chi connectivity index (χ4n) is 3.63. The average molecular weight is 395 g/mol. The zero-order chi connectivity index (χ0) is 20.6. The number of likely N-dealkylation sites (tertiary alicyclic amines) is 1. The molecule has 154 valence electrons. The monoisotopic (exact) mass is 394 g/mol. The van der Waals surface area contributed by atoms with E-state index in [1.54, 1.807) is 0 Å². The lowest BCUT2D eigenvalue weighted by Crippen LogP contribution is -2.43. The van der Waals surface area contributed by atoms with Crippen molar-refractivity contribution < 1.29 is 9.59 Å². The SMILES string of the molecule is CN(C)c1ccc([C@@H](CNC(=O)C(=O)NCc2ccccc2)N2CCCC2)cc1. The molecule has 1 saturated heterocycles. The van der Waals surface area contributed by atoms with Gasteiger partial charge in [0.25, 0.3) is 0 Å². The summed E-state index contributed by atoms with van der Waals surface area (Å²) in [5.41, 5.74) is 3.25. The minimum absolute atomic E-state index is 0.0691. The van der Waals surface area contributed by atoms with Crippen molar-refractivity contribution in [1.29, 1.82) is 0 Å². The summed E-state index contributed by atoms with van der Waals surface area (Å²) in [6, 6.07) is 18.0. The fraction of sp³-hybridized carbons (Fsp3) is 0.391. The van der Waals surface area contributed by atoms with Crippen molar-refractivity contribution in [2.45, 2.75) is 25.4 Å². The Kier molecular flexibility index (Phi) is 7.25. The molecule has 0 aromatic heterocycles. The number of benzene rings is 2. The summed E-state index contributed by atoms with van der Waals surface area (Å²) in [5, 5.41) is 5.51. The number of hydrogen-bond acceptors (Lipinski definition) is 4. The van der Waals surface area contributed by atoms with Crippen LogP contribution in [0.3, 0.4) is 0 Å². The summed E-state index contributed by atoms with van der Waals surface area (Å²) in [6.07, 6.45) is 2.33. The van der Waals surface area contributed by atoms with Crippen LogP contribution in [-0.2, 0) is 16.1 Å². The van der Waals surface area contributed by atoms with Crippen molar-refractivity contribution in [3.05, 3.63) is 65.7 Å². The van der Waals surface area contributed by atoms with Gasteiger partial charge in [-0.05, 0) is 49.2 Å². The van der Waals surface area contributed by atoms with Crippen LogP contribution in [-0.4, -0.2) is 50.4 Å². The van der Waals surface area contributed by atoms with Crippen molar-refractivity contribution in [3.8, 4) is 0 Å². The Bertz CT molecular complexity index is 799. The van der Waals surface area contributed by atoms with Crippen LogP contribution < -0.4 is 15.5 Å². The van der Waals surface area contributed by atoms with E-state index in [1.165, 1.54) is 0 Å². The molecule has 1 heterocycles. The van der Waals surface area contributed by atoms with Crippen molar-refractivity contribution >= 4 is 17.5 Å². The first kappa shape index (κ1) is 20.9. The first-order valence-corrected chi connectivity index (χ1v) is 10.2. The lowest BCUT2D eigenvalue weighted by atomic mass is 10.0. The Morgan fingerprint density at radius 2 is 1.55 bits per heavy atom. The van der Waals surface area contributed by atoms with Crippen LogP contribution in [0.1, 0.15) is 30.0 Å². The number of nitrogens with one attached hydrogen (secondary N) is 2. The molecular formula is C23H30N4O2. The number of anilines is 1. The minimum Gasteiger partial charge on any atom is -0.378 e. The Morgan fingerprint density at radius 3 is 2.17 bits per heavy atom. The molecule has 29 heavy (non-hydrogen) atoms. The van der Waals surface area contributed by atoms with Gasteiger partial charge in [-0.15, -0.1) is 0 Å². The number of carbonyl (C=O) groups excluding carboxylic acids is 2. The molecule has 0 saturated carbocycles. The van der Waals surface area contributed by atoms with Crippen LogP contribution in [0.25, 0.3) is 0 Å². The highest BCUT2D eigenvalue weighted by Crippen LogP contribution is 2.26. The number of amides is 2.